The predicted octanol–water partition coefficient (Wildman–Crippen LogP) is 1.64. The van der Waals surface area contributed by atoms with E-state index >= 15 is 0 Å². The normalized spacial score (nSPS) is 11.1. The van der Waals surface area contributed by atoms with Crippen molar-refractivity contribution in [3.05, 3.63) is 40.8 Å². The van der Waals surface area contributed by atoms with Gasteiger partial charge in [0.2, 0.25) is 5.95 Å². The van der Waals surface area contributed by atoms with Crippen molar-refractivity contribution in [3.63, 3.8) is 0 Å². The fourth-order valence-corrected chi connectivity index (χ4v) is 1.94. The molecule has 0 aliphatic heterocycles. The van der Waals surface area contributed by atoms with Gasteiger partial charge in [-0.1, -0.05) is 35.0 Å². The van der Waals surface area contributed by atoms with Gasteiger partial charge < -0.3 is 5.73 Å². The summed E-state index contributed by atoms with van der Waals surface area (Å²) in [5.41, 5.74) is 6.72. The van der Waals surface area contributed by atoms with E-state index in [0.29, 0.717) is 16.7 Å². The van der Waals surface area contributed by atoms with E-state index in [0.717, 1.165) is 0 Å². The van der Waals surface area contributed by atoms with Crippen LogP contribution in [0.5, 0.6) is 0 Å². The number of benzene rings is 1. The van der Waals surface area contributed by atoms with Crippen LogP contribution in [0.3, 0.4) is 0 Å². The van der Waals surface area contributed by atoms with E-state index in [1.165, 1.54) is 10.7 Å². The molecule has 0 saturated heterocycles. The first-order chi connectivity index (χ1) is 9.15. The number of nitrogens with two attached hydrogens (primary N) is 1. The minimum absolute atomic E-state index is 0.0228. The van der Waals surface area contributed by atoms with Gasteiger partial charge in [0.05, 0.1) is 6.54 Å². The number of hydrogen-bond acceptors (Lipinski definition) is 5. The highest BCUT2D eigenvalue weighted by molar-refractivity contribution is 6.33. The molecule has 0 saturated carbocycles. The molecule has 0 fully saturated rings. The topological polar surface area (TPSA) is 82.5 Å². The molecular formula is C11H8ClFN6. The van der Waals surface area contributed by atoms with Crippen molar-refractivity contribution in [1.82, 2.24) is 25.0 Å². The minimum Gasteiger partial charge on any atom is -0.368 e. The van der Waals surface area contributed by atoms with Crippen molar-refractivity contribution in [2.24, 2.45) is 0 Å². The Hall–Kier alpha value is -2.28. The Labute approximate surface area is 112 Å². The average Bonchev–Trinajstić information content (AvgIpc) is 2.76. The van der Waals surface area contributed by atoms with Crippen LogP contribution in [0.4, 0.5) is 10.3 Å². The Morgan fingerprint density at radius 1 is 1.26 bits per heavy atom. The lowest BCUT2D eigenvalue weighted by Gasteiger charge is -2.03. The zero-order valence-electron chi connectivity index (χ0n) is 9.59. The molecule has 1 aromatic carbocycles. The predicted molar refractivity (Wildman–Crippen MR) is 68.0 cm³/mol. The molecule has 3 aromatic rings. The SMILES string of the molecule is Nc1nc(Cl)c2nnn(Cc3ccccc3F)c2n1. The molecule has 0 aliphatic rings. The fourth-order valence-electron chi connectivity index (χ4n) is 1.73. The Balaban J connectivity index is 2.09. The monoisotopic (exact) mass is 278 g/mol. The molecule has 0 spiro atoms. The summed E-state index contributed by atoms with van der Waals surface area (Å²) in [6.07, 6.45) is 0. The lowest BCUT2D eigenvalue weighted by molar-refractivity contribution is 0.582. The van der Waals surface area contributed by atoms with Crippen LogP contribution in [0.1, 0.15) is 5.56 Å². The van der Waals surface area contributed by atoms with E-state index in [1.807, 2.05) is 0 Å². The summed E-state index contributed by atoms with van der Waals surface area (Å²) in [5, 5.41) is 7.88. The smallest absolute Gasteiger partial charge is 0.223 e. The molecule has 0 bridgehead atoms. The first kappa shape index (κ1) is 11.8. The van der Waals surface area contributed by atoms with Gasteiger partial charge >= 0.3 is 0 Å². The van der Waals surface area contributed by atoms with E-state index < -0.39 is 0 Å². The zero-order chi connectivity index (χ0) is 13.4. The van der Waals surface area contributed by atoms with E-state index in [2.05, 4.69) is 20.3 Å². The average molecular weight is 279 g/mol. The fraction of sp³-hybridized carbons (Fsp3) is 0.0909. The third-order valence-electron chi connectivity index (χ3n) is 2.62. The molecule has 0 atom stereocenters. The Kier molecular flexibility index (Phi) is 2.75. The highest BCUT2D eigenvalue weighted by atomic mass is 35.5. The van der Waals surface area contributed by atoms with Crippen molar-refractivity contribution in [1.29, 1.82) is 0 Å². The second kappa shape index (κ2) is 4.43. The molecule has 0 radical (unpaired) electrons. The lowest BCUT2D eigenvalue weighted by Crippen LogP contribution is -2.06. The maximum atomic E-state index is 13.6. The van der Waals surface area contributed by atoms with Crippen LogP contribution in [0.15, 0.2) is 24.3 Å². The molecule has 96 valence electrons. The Bertz CT molecular complexity index is 756. The van der Waals surface area contributed by atoms with Crippen molar-refractivity contribution in [2.75, 3.05) is 5.73 Å². The lowest BCUT2D eigenvalue weighted by atomic mass is 10.2. The number of nitrogens with zero attached hydrogens (tertiary/aromatic N) is 5. The standard InChI is InChI=1S/C11H8ClFN6/c12-9-8-10(16-11(14)15-9)19(18-17-8)5-6-3-1-2-4-7(6)13/h1-4H,5H2,(H2,14,15,16). The van der Waals surface area contributed by atoms with E-state index in [4.69, 9.17) is 17.3 Å². The summed E-state index contributed by atoms with van der Waals surface area (Å²) < 4.78 is 15.0. The first-order valence-corrected chi connectivity index (χ1v) is 5.78. The van der Waals surface area contributed by atoms with Crippen molar-refractivity contribution >= 4 is 28.7 Å². The number of hydrogen-bond donors (Lipinski definition) is 1. The molecule has 0 unspecified atom stereocenters. The Morgan fingerprint density at radius 3 is 2.84 bits per heavy atom. The van der Waals surface area contributed by atoms with Crippen LogP contribution in [0.2, 0.25) is 5.15 Å². The number of halogens is 2. The molecule has 2 heterocycles. The number of rotatable bonds is 2. The summed E-state index contributed by atoms with van der Waals surface area (Å²) in [4.78, 5) is 7.80. The van der Waals surface area contributed by atoms with Gasteiger partial charge in [-0.2, -0.15) is 9.97 Å². The van der Waals surface area contributed by atoms with Crippen LogP contribution >= 0.6 is 11.6 Å². The molecule has 2 aromatic heterocycles. The first-order valence-electron chi connectivity index (χ1n) is 5.41. The quantitative estimate of drug-likeness (QED) is 0.721. The van der Waals surface area contributed by atoms with Crippen LogP contribution in [0.25, 0.3) is 11.2 Å². The van der Waals surface area contributed by atoms with Crippen LogP contribution in [-0.2, 0) is 6.54 Å². The zero-order valence-corrected chi connectivity index (χ0v) is 10.3. The van der Waals surface area contributed by atoms with Crippen LogP contribution in [0, 0.1) is 5.82 Å². The van der Waals surface area contributed by atoms with Crippen molar-refractivity contribution < 1.29 is 4.39 Å². The second-order valence-corrected chi connectivity index (χ2v) is 4.24. The van der Waals surface area contributed by atoms with Crippen LogP contribution in [-0.4, -0.2) is 25.0 Å². The molecule has 19 heavy (non-hydrogen) atoms. The molecule has 2 N–H and O–H groups in total. The van der Waals surface area contributed by atoms with Crippen molar-refractivity contribution in [2.45, 2.75) is 6.54 Å². The van der Waals surface area contributed by atoms with Gasteiger partial charge in [-0.15, -0.1) is 5.10 Å². The van der Waals surface area contributed by atoms with Gasteiger partial charge in [-0.05, 0) is 6.07 Å². The van der Waals surface area contributed by atoms with Gasteiger partial charge in [0.15, 0.2) is 16.3 Å². The minimum atomic E-state index is -0.320. The van der Waals surface area contributed by atoms with Gasteiger partial charge in [0.25, 0.3) is 0 Å². The summed E-state index contributed by atoms with van der Waals surface area (Å²) in [5.74, 6) is -0.297. The molecule has 0 amide bonds. The molecule has 0 aliphatic carbocycles. The largest absolute Gasteiger partial charge is 0.368 e. The van der Waals surface area contributed by atoms with Gasteiger partial charge in [-0.3, -0.25) is 0 Å². The summed E-state index contributed by atoms with van der Waals surface area (Å²) >= 11 is 5.89. The number of nitrogen functional groups attached to an aromatic ring is 1. The molecular weight excluding hydrogens is 271 g/mol. The van der Waals surface area contributed by atoms with E-state index in [1.54, 1.807) is 18.2 Å². The molecule has 8 heteroatoms. The summed E-state index contributed by atoms with van der Waals surface area (Å²) in [7, 11) is 0. The highest BCUT2D eigenvalue weighted by Gasteiger charge is 2.13. The third-order valence-corrected chi connectivity index (χ3v) is 2.88. The molecule has 3 rings (SSSR count). The number of aromatic nitrogens is 5. The maximum Gasteiger partial charge on any atom is 0.223 e. The maximum absolute atomic E-state index is 13.6. The van der Waals surface area contributed by atoms with Crippen molar-refractivity contribution in [3.8, 4) is 0 Å². The highest BCUT2D eigenvalue weighted by Crippen LogP contribution is 2.19. The molecule has 6 nitrogen and oxygen atoms in total. The van der Waals surface area contributed by atoms with Crippen LogP contribution < -0.4 is 5.73 Å². The number of fused-ring (bicyclic) bond motifs is 1. The van der Waals surface area contributed by atoms with E-state index in [9.17, 15) is 4.39 Å². The third kappa shape index (κ3) is 2.08. The second-order valence-electron chi connectivity index (χ2n) is 3.88. The summed E-state index contributed by atoms with van der Waals surface area (Å²) in [6.45, 7) is 0.190. The Morgan fingerprint density at radius 2 is 2.05 bits per heavy atom. The van der Waals surface area contributed by atoms with Gasteiger partial charge in [-0.25, -0.2) is 9.07 Å². The van der Waals surface area contributed by atoms with Gasteiger partial charge in [0.1, 0.15) is 5.82 Å². The number of anilines is 1. The van der Waals surface area contributed by atoms with Gasteiger partial charge in [0, 0.05) is 5.56 Å². The summed E-state index contributed by atoms with van der Waals surface area (Å²) in [6, 6.07) is 6.41. The van der Waals surface area contributed by atoms with E-state index in [-0.39, 0.29) is 23.5 Å².